The second-order valence-electron chi connectivity index (χ2n) is 3.68. The quantitative estimate of drug-likeness (QED) is 0.866. The molecule has 1 aromatic rings. The average Bonchev–Trinajstić information content (AvgIpc) is 2.51. The minimum Gasteiger partial charge on any atom is -0.457 e. The van der Waals surface area contributed by atoms with Crippen LogP contribution in [0.4, 0.5) is 0 Å². The van der Waals surface area contributed by atoms with E-state index in [0.29, 0.717) is 16.8 Å². The molecule has 0 bridgehead atoms. The van der Waals surface area contributed by atoms with Crippen LogP contribution in [-0.2, 0) is 0 Å². The Kier molecular flexibility index (Phi) is 3.34. The fourth-order valence-electron chi connectivity index (χ4n) is 0.860. The van der Waals surface area contributed by atoms with Crippen molar-refractivity contribution >= 4 is 21.8 Å². The number of amides is 1. The number of halogens is 1. The van der Waals surface area contributed by atoms with Gasteiger partial charge in [-0.15, -0.1) is 0 Å². The molecular formula is C9H13BrN2O2. The van der Waals surface area contributed by atoms with Gasteiger partial charge in [0.2, 0.25) is 0 Å². The molecule has 0 aliphatic rings. The van der Waals surface area contributed by atoms with Crippen LogP contribution in [0.25, 0.3) is 0 Å². The Morgan fingerprint density at radius 2 is 2.36 bits per heavy atom. The van der Waals surface area contributed by atoms with Crippen LogP contribution in [0, 0.1) is 0 Å². The van der Waals surface area contributed by atoms with Gasteiger partial charge in [0, 0.05) is 18.2 Å². The fourth-order valence-corrected chi connectivity index (χ4v) is 1.20. The first-order valence-electron chi connectivity index (χ1n) is 4.21. The van der Waals surface area contributed by atoms with Gasteiger partial charge in [-0.3, -0.25) is 4.79 Å². The Bertz CT molecular complexity index is 333. The first kappa shape index (κ1) is 11.3. The van der Waals surface area contributed by atoms with Crippen molar-refractivity contribution in [1.82, 2.24) is 5.32 Å². The smallest absolute Gasteiger partial charge is 0.255 e. The van der Waals surface area contributed by atoms with E-state index in [1.165, 1.54) is 6.26 Å². The number of nitrogens with one attached hydrogen (secondary N) is 1. The number of nitrogens with two attached hydrogens (primary N) is 1. The third kappa shape index (κ3) is 2.85. The number of carbonyl (C=O) groups is 1. The maximum Gasteiger partial charge on any atom is 0.255 e. The summed E-state index contributed by atoms with van der Waals surface area (Å²) < 4.78 is 5.49. The van der Waals surface area contributed by atoms with Crippen molar-refractivity contribution in [3.63, 3.8) is 0 Å². The molecular weight excluding hydrogens is 248 g/mol. The molecule has 0 unspecified atom stereocenters. The molecule has 4 nitrogen and oxygen atoms in total. The predicted molar refractivity (Wildman–Crippen MR) is 57.0 cm³/mol. The first-order valence-corrected chi connectivity index (χ1v) is 5.00. The van der Waals surface area contributed by atoms with E-state index in [2.05, 4.69) is 21.2 Å². The van der Waals surface area contributed by atoms with Crippen LogP contribution < -0.4 is 11.1 Å². The van der Waals surface area contributed by atoms with Crippen molar-refractivity contribution in [2.24, 2.45) is 5.73 Å². The average molecular weight is 261 g/mol. The number of furan rings is 1. The zero-order valence-corrected chi connectivity index (χ0v) is 9.72. The van der Waals surface area contributed by atoms with E-state index in [1.807, 2.05) is 13.8 Å². The topological polar surface area (TPSA) is 68.3 Å². The van der Waals surface area contributed by atoms with Crippen LogP contribution in [0.2, 0.25) is 0 Å². The molecule has 1 rings (SSSR count). The largest absolute Gasteiger partial charge is 0.457 e. The van der Waals surface area contributed by atoms with Gasteiger partial charge in [0.05, 0.1) is 5.56 Å². The zero-order chi connectivity index (χ0) is 10.8. The highest BCUT2D eigenvalue weighted by atomic mass is 79.9. The Labute approximate surface area is 91.0 Å². The molecule has 0 saturated heterocycles. The highest BCUT2D eigenvalue weighted by Gasteiger charge is 2.20. The summed E-state index contributed by atoms with van der Waals surface area (Å²) in [5.74, 6) is -0.185. The maximum atomic E-state index is 11.6. The van der Waals surface area contributed by atoms with E-state index in [0.717, 1.165) is 0 Å². The molecule has 14 heavy (non-hydrogen) atoms. The molecule has 0 aromatic carbocycles. The van der Waals surface area contributed by atoms with E-state index >= 15 is 0 Å². The van der Waals surface area contributed by atoms with Gasteiger partial charge < -0.3 is 15.5 Å². The molecule has 5 heteroatoms. The highest BCUT2D eigenvalue weighted by Crippen LogP contribution is 2.14. The summed E-state index contributed by atoms with van der Waals surface area (Å²) in [5, 5.41) is 2.79. The van der Waals surface area contributed by atoms with Crippen molar-refractivity contribution in [3.8, 4) is 0 Å². The van der Waals surface area contributed by atoms with Crippen LogP contribution in [0.3, 0.4) is 0 Å². The summed E-state index contributed by atoms with van der Waals surface area (Å²) in [5.41, 5.74) is 5.57. The van der Waals surface area contributed by atoms with Crippen LogP contribution in [-0.4, -0.2) is 18.0 Å². The van der Waals surface area contributed by atoms with Crippen LogP contribution in [0.5, 0.6) is 0 Å². The Balaban J connectivity index is 2.68. The zero-order valence-electron chi connectivity index (χ0n) is 8.13. The SMILES string of the molecule is CC(C)(CN)NC(=O)c1coc(Br)c1. The molecule has 1 aromatic heterocycles. The molecule has 0 atom stereocenters. The van der Waals surface area contributed by atoms with E-state index < -0.39 is 5.54 Å². The lowest BCUT2D eigenvalue weighted by Crippen LogP contribution is -2.48. The van der Waals surface area contributed by atoms with Gasteiger partial charge in [0.1, 0.15) is 6.26 Å². The molecule has 78 valence electrons. The van der Waals surface area contributed by atoms with Gasteiger partial charge in [0.15, 0.2) is 4.67 Å². The number of carbonyl (C=O) groups excluding carboxylic acids is 1. The molecule has 0 saturated carbocycles. The lowest BCUT2D eigenvalue weighted by molar-refractivity contribution is 0.0915. The first-order chi connectivity index (χ1) is 6.44. The minimum absolute atomic E-state index is 0.185. The van der Waals surface area contributed by atoms with Crippen molar-refractivity contribution in [2.45, 2.75) is 19.4 Å². The maximum absolute atomic E-state index is 11.6. The number of hydrogen-bond acceptors (Lipinski definition) is 3. The summed E-state index contributed by atoms with van der Waals surface area (Å²) in [4.78, 5) is 11.6. The molecule has 0 fully saturated rings. The van der Waals surface area contributed by atoms with Gasteiger partial charge in [-0.1, -0.05) is 0 Å². The van der Waals surface area contributed by atoms with Gasteiger partial charge in [-0.25, -0.2) is 0 Å². The van der Waals surface area contributed by atoms with Crippen molar-refractivity contribution in [1.29, 1.82) is 0 Å². The Morgan fingerprint density at radius 1 is 1.71 bits per heavy atom. The highest BCUT2D eigenvalue weighted by molar-refractivity contribution is 9.10. The lowest BCUT2D eigenvalue weighted by atomic mass is 10.1. The van der Waals surface area contributed by atoms with E-state index in [4.69, 9.17) is 10.2 Å². The molecule has 0 radical (unpaired) electrons. The Hall–Kier alpha value is -0.810. The fraction of sp³-hybridized carbons (Fsp3) is 0.444. The molecule has 0 aliphatic carbocycles. The summed E-state index contributed by atoms with van der Waals surface area (Å²) >= 11 is 3.13. The standard InChI is InChI=1S/C9H13BrN2O2/c1-9(2,5-11)12-8(13)6-3-7(10)14-4-6/h3-4H,5,11H2,1-2H3,(H,12,13). The van der Waals surface area contributed by atoms with Gasteiger partial charge in [-0.2, -0.15) is 0 Å². The predicted octanol–water partition coefficient (Wildman–Crippen LogP) is 1.51. The van der Waals surface area contributed by atoms with Crippen LogP contribution >= 0.6 is 15.9 Å². The number of hydrogen-bond donors (Lipinski definition) is 2. The molecule has 0 aliphatic heterocycles. The van der Waals surface area contributed by atoms with Crippen LogP contribution in [0.15, 0.2) is 21.4 Å². The molecule has 0 spiro atoms. The van der Waals surface area contributed by atoms with E-state index in [-0.39, 0.29) is 5.91 Å². The summed E-state index contributed by atoms with van der Waals surface area (Å²) in [7, 11) is 0. The summed E-state index contributed by atoms with van der Waals surface area (Å²) in [6.45, 7) is 4.11. The second kappa shape index (κ2) is 4.14. The molecule has 1 amide bonds. The van der Waals surface area contributed by atoms with E-state index in [9.17, 15) is 4.79 Å². The minimum atomic E-state index is -0.402. The van der Waals surface area contributed by atoms with Crippen molar-refractivity contribution in [2.75, 3.05) is 6.54 Å². The van der Waals surface area contributed by atoms with Crippen LogP contribution in [0.1, 0.15) is 24.2 Å². The normalized spacial score (nSPS) is 11.4. The third-order valence-corrected chi connectivity index (χ3v) is 2.21. The van der Waals surface area contributed by atoms with Crippen molar-refractivity contribution in [3.05, 3.63) is 22.6 Å². The van der Waals surface area contributed by atoms with Gasteiger partial charge in [0.25, 0.3) is 5.91 Å². The van der Waals surface area contributed by atoms with E-state index in [1.54, 1.807) is 6.07 Å². The molecule has 1 heterocycles. The molecule has 3 N–H and O–H groups in total. The number of rotatable bonds is 3. The monoisotopic (exact) mass is 260 g/mol. The second-order valence-corrected chi connectivity index (χ2v) is 4.46. The van der Waals surface area contributed by atoms with Gasteiger partial charge >= 0.3 is 0 Å². The van der Waals surface area contributed by atoms with Crippen molar-refractivity contribution < 1.29 is 9.21 Å². The third-order valence-electron chi connectivity index (χ3n) is 1.79. The summed E-state index contributed by atoms with van der Waals surface area (Å²) in [6, 6.07) is 1.61. The Morgan fingerprint density at radius 3 is 2.79 bits per heavy atom. The van der Waals surface area contributed by atoms with Gasteiger partial charge in [-0.05, 0) is 29.8 Å². The summed E-state index contributed by atoms with van der Waals surface area (Å²) in [6.07, 6.45) is 1.39. The lowest BCUT2D eigenvalue weighted by Gasteiger charge is -2.23.